The lowest BCUT2D eigenvalue weighted by atomic mass is 9.99. The number of nitrogens with zero attached hydrogens (tertiary/aromatic N) is 2. The summed E-state index contributed by atoms with van der Waals surface area (Å²) in [5.41, 5.74) is 3.17. The minimum absolute atomic E-state index is 0. The molecule has 23 heavy (non-hydrogen) atoms. The standard InChI is InChI=1S/C17H30N4O.ClH/c1-11(2)10-21-14(5)15(12(3)20-21)9-17(22)19-16-7-6-8-18-13(16)4;/h11,13,16,18H,6-10H2,1-5H3,(H,19,22);1H. The average molecular weight is 343 g/mol. The van der Waals surface area contributed by atoms with Gasteiger partial charge in [0, 0.05) is 29.9 Å². The summed E-state index contributed by atoms with van der Waals surface area (Å²) in [4.78, 5) is 12.4. The first-order valence-corrected chi connectivity index (χ1v) is 8.44. The Morgan fingerprint density at radius 3 is 2.74 bits per heavy atom. The van der Waals surface area contributed by atoms with E-state index < -0.39 is 0 Å². The van der Waals surface area contributed by atoms with Crippen LogP contribution in [0, 0.1) is 19.8 Å². The van der Waals surface area contributed by atoms with E-state index in [1.54, 1.807) is 0 Å². The molecule has 1 aliphatic heterocycles. The molecule has 1 aromatic rings. The van der Waals surface area contributed by atoms with E-state index in [9.17, 15) is 4.79 Å². The number of rotatable bonds is 5. The zero-order chi connectivity index (χ0) is 16.3. The second kappa shape index (κ2) is 8.69. The quantitative estimate of drug-likeness (QED) is 0.863. The highest BCUT2D eigenvalue weighted by Crippen LogP contribution is 2.16. The number of hydrogen-bond acceptors (Lipinski definition) is 3. The summed E-state index contributed by atoms with van der Waals surface area (Å²) in [6, 6.07) is 0.594. The molecule has 0 aliphatic carbocycles. The topological polar surface area (TPSA) is 59.0 Å². The van der Waals surface area contributed by atoms with Crippen molar-refractivity contribution in [1.82, 2.24) is 20.4 Å². The summed E-state index contributed by atoms with van der Waals surface area (Å²) >= 11 is 0. The fourth-order valence-corrected chi connectivity index (χ4v) is 3.17. The molecule has 1 aromatic heterocycles. The van der Waals surface area contributed by atoms with Gasteiger partial charge in [-0.1, -0.05) is 13.8 Å². The number of hydrogen-bond donors (Lipinski definition) is 2. The van der Waals surface area contributed by atoms with Crippen LogP contribution in [0.3, 0.4) is 0 Å². The van der Waals surface area contributed by atoms with Crippen molar-refractivity contribution in [3.8, 4) is 0 Å². The number of aromatic nitrogens is 2. The number of nitrogens with one attached hydrogen (secondary N) is 2. The van der Waals surface area contributed by atoms with E-state index in [0.717, 1.165) is 42.9 Å². The molecule has 0 radical (unpaired) electrons. The highest BCUT2D eigenvalue weighted by atomic mass is 35.5. The summed E-state index contributed by atoms with van der Waals surface area (Å²) in [5.74, 6) is 0.657. The lowest BCUT2D eigenvalue weighted by molar-refractivity contribution is -0.121. The summed E-state index contributed by atoms with van der Waals surface area (Å²) in [7, 11) is 0. The largest absolute Gasteiger partial charge is 0.352 e. The van der Waals surface area contributed by atoms with Gasteiger partial charge < -0.3 is 10.6 Å². The van der Waals surface area contributed by atoms with E-state index >= 15 is 0 Å². The third kappa shape index (κ3) is 5.21. The number of amides is 1. The normalized spacial score (nSPS) is 21.1. The van der Waals surface area contributed by atoms with Crippen LogP contribution in [0.25, 0.3) is 0 Å². The van der Waals surface area contributed by atoms with Gasteiger partial charge in [-0.25, -0.2) is 0 Å². The van der Waals surface area contributed by atoms with Crippen LogP contribution >= 0.6 is 12.4 Å². The summed E-state index contributed by atoms with van der Waals surface area (Å²) in [5, 5.41) is 11.2. The molecule has 2 N–H and O–H groups in total. The molecule has 0 spiro atoms. The lowest BCUT2D eigenvalue weighted by Gasteiger charge is -2.30. The first-order valence-electron chi connectivity index (χ1n) is 8.44. The van der Waals surface area contributed by atoms with E-state index in [1.165, 1.54) is 0 Å². The Morgan fingerprint density at radius 2 is 2.13 bits per heavy atom. The average Bonchev–Trinajstić information content (AvgIpc) is 2.68. The monoisotopic (exact) mass is 342 g/mol. The second-order valence-electron chi connectivity index (χ2n) is 6.96. The maximum absolute atomic E-state index is 12.4. The van der Waals surface area contributed by atoms with Gasteiger partial charge in [0.25, 0.3) is 0 Å². The number of carbonyl (C=O) groups is 1. The minimum atomic E-state index is 0. The van der Waals surface area contributed by atoms with E-state index in [-0.39, 0.29) is 24.4 Å². The van der Waals surface area contributed by atoms with Crippen LogP contribution in [0.15, 0.2) is 0 Å². The lowest BCUT2D eigenvalue weighted by Crippen LogP contribution is -2.52. The molecule has 2 atom stereocenters. The molecule has 2 heterocycles. The summed E-state index contributed by atoms with van der Waals surface area (Å²) < 4.78 is 2.04. The van der Waals surface area contributed by atoms with Gasteiger partial charge in [-0.15, -0.1) is 12.4 Å². The molecule has 6 heteroatoms. The van der Waals surface area contributed by atoms with Crippen LogP contribution < -0.4 is 10.6 Å². The van der Waals surface area contributed by atoms with Crippen molar-refractivity contribution >= 4 is 18.3 Å². The van der Waals surface area contributed by atoms with Gasteiger partial charge in [-0.2, -0.15) is 5.10 Å². The molecular weight excluding hydrogens is 312 g/mol. The smallest absolute Gasteiger partial charge is 0.224 e. The van der Waals surface area contributed by atoms with Gasteiger partial charge in [0.2, 0.25) is 5.91 Å². The SMILES string of the molecule is Cc1nn(CC(C)C)c(C)c1CC(=O)NC1CCCNC1C.Cl. The zero-order valence-electron chi connectivity index (χ0n) is 15.0. The summed E-state index contributed by atoms with van der Waals surface area (Å²) in [6.45, 7) is 12.5. The first kappa shape index (κ1) is 20.0. The van der Waals surface area contributed by atoms with Gasteiger partial charge in [0.1, 0.15) is 0 Å². The van der Waals surface area contributed by atoms with Crippen LogP contribution in [0.2, 0.25) is 0 Å². The van der Waals surface area contributed by atoms with Gasteiger partial charge in [-0.05, 0) is 46.1 Å². The Bertz CT molecular complexity index is 527. The van der Waals surface area contributed by atoms with Crippen molar-refractivity contribution in [2.75, 3.05) is 6.54 Å². The van der Waals surface area contributed by atoms with Crippen LogP contribution in [-0.4, -0.2) is 34.3 Å². The van der Waals surface area contributed by atoms with Crippen LogP contribution in [0.4, 0.5) is 0 Å². The van der Waals surface area contributed by atoms with Gasteiger partial charge in [-0.3, -0.25) is 9.48 Å². The Morgan fingerprint density at radius 1 is 1.43 bits per heavy atom. The molecule has 0 saturated carbocycles. The van der Waals surface area contributed by atoms with Gasteiger partial charge in [0.15, 0.2) is 0 Å². The fraction of sp³-hybridized carbons (Fsp3) is 0.765. The highest BCUT2D eigenvalue weighted by Gasteiger charge is 2.23. The fourth-order valence-electron chi connectivity index (χ4n) is 3.17. The minimum Gasteiger partial charge on any atom is -0.352 e. The van der Waals surface area contributed by atoms with E-state index in [2.05, 4.69) is 43.4 Å². The summed E-state index contributed by atoms with van der Waals surface area (Å²) in [6.07, 6.45) is 2.61. The van der Waals surface area contributed by atoms with Crippen molar-refractivity contribution < 1.29 is 4.79 Å². The van der Waals surface area contributed by atoms with Crippen molar-refractivity contribution in [2.24, 2.45) is 5.92 Å². The number of halogens is 1. The molecule has 132 valence electrons. The maximum atomic E-state index is 12.4. The molecule has 2 unspecified atom stereocenters. The first-order chi connectivity index (χ1) is 10.4. The Hall–Kier alpha value is -1.07. The highest BCUT2D eigenvalue weighted by molar-refractivity contribution is 5.85. The Balaban J connectivity index is 0.00000264. The molecule has 2 rings (SSSR count). The van der Waals surface area contributed by atoms with Gasteiger partial charge >= 0.3 is 0 Å². The second-order valence-corrected chi connectivity index (χ2v) is 6.96. The van der Waals surface area contributed by atoms with Crippen molar-refractivity contribution in [3.05, 3.63) is 17.0 Å². The molecule has 0 bridgehead atoms. The Labute approximate surface area is 146 Å². The number of piperidine rings is 1. The predicted octanol–water partition coefficient (Wildman–Crippen LogP) is 2.38. The number of carbonyl (C=O) groups excluding carboxylic acids is 1. The van der Waals surface area contributed by atoms with Crippen molar-refractivity contribution in [3.63, 3.8) is 0 Å². The number of aryl methyl sites for hydroxylation is 1. The molecule has 1 fully saturated rings. The third-order valence-electron chi connectivity index (χ3n) is 4.51. The van der Waals surface area contributed by atoms with Crippen molar-refractivity contribution in [1.29, 1.82) is 0 Å². The zero-order valence-corrected chi connectivity index (χ0v) is 15.8. The van der Waals surface area contributed by atoms with Crippen LogP contribution in [-0.2, 0) is 17.8 Å². The van der Waals surface area contributed by atoms with Gasteiger partial charge in [0.05, 0.1) is 12.1 Å². The third-order valence-corrected chi connectivity index (χ3v) is 4.51. The Kier molecular flexibility index (Phi) is 7.55. The van der Waals surface area contributed by atoms with E-state index in [0.29, 0.717) is 18.4 Å². The molecular formula is C17H31ClN4O. The van der Waals surface area contributed by atoms with E-state index in [4.69, 9.17) is 0 Å². The van der Waals surface area contributed by atoms with Crippen LogP contribution in [0.1, 0.15) is 50.6 Å². The maximum Gasteiger partial charge on any atom is 0.224 e. The predicted molar refractivity (Wildman–Crippen MR) is 96.1 cm³/mol. The molecule has 5 nitrogen and oxygen atoms in total. The van der Waals surface area contributed by atoms with Crippen molar-refractivity contribution in [2.45, 2.75) is 72.5 Å². The molecule has 0 aromatic carbocycles. The molecule has 1 aliphatic rings. The van der Waals surface area contributed by atoms with E-state index in [1.807, 2.05) is 11.6 Å². The molecule has 1 saturated heterocycles. The molecule has 1 amide bonds. The van der Waals surface area contributed by atoms with Crippen LogP contribution in [0.5, 0.6) is 0 Å².